The number of sulfone groups is 1. The number of amides is 2. The largest absolute Gasteiger partial charge is 0.425 e. The molecule has 1 aromatic heterocycles. The number of nitrogens with zero attached hydrogens (tertiary/aromatic N) is 7. The van der Waals surface area contributed by atoms with E-state index in [2.05, 4.69) is 40.7 Å². The molecular weight excluding hydrogens is 1020 g/mol. The van der Waals surface area contributed by atoms with Gasteiger partial charge in [0, 0.05) is 18.2 Å². The molecule has 6 aromatic rings. The third-order valence-electron chi connectivity index (χ3n) is 8.90. The van der Waals surface area contributed by atoms with Crippen LogP contribution in [0, 0.1) is 0 Å². The fourth-order valence-electron chi connectivity index (χ4n) is 6.15. The van der Waals surface area contributed by atoms with Crippen LogP contribution < -0.4 is 16.8 Å². The van der Waals surface area contributed by atoms with E-state index in [-0.39, 0.29) is 85.2 Å². The summed E-state index contributed by atoms with van der Waals surface area (Å²) in [5.74, 6) is 0.0727. The lowest BCUT2D eigenvalue weighted by atomic mass is 10.1. The van der Waals surface area contributed by atoms with Crippen LogP contribution in [0.25, 0.3) is 10.8 Å². The van der Waals surface area contributed by atoms with Crippen LogP contribution in [-0.4, -0.2) is 86.7 Å². The number of benzene rings is 5. The number of halogens is 1. The predicted octanol–water partition coefficient (Wildman–Crippen LogP) is 5.68. The second-order valence-corrected chi connectivity index (χ2v) is 20.8. The summed E-state index contributed by atoms with van der Waals surface area (Å²) in [5.41, 5.74) is 11.2. The van der Waals surface area contributed by atoms with E-state index in [9.17, 15) is 52.1 Å². The van der Waals surface area contributed by atoms with Crippen molar-refractivity contribution in [1.82, 2.24) is 15.0 Å². The summed E-state index contributed by atoms with van der Waals surface area (Å²) in [4.78, 5) is 22.9. The molecule has 8 N–H and O–H groups in total. The zero-order valence-corrected chi connectivity index (χ0v) is 39.2. The van der Waals surface area contributed by atoms with Crippen LogP contribution in [0.4, 0.5) is 38.9 Å². The molecule has 0 radical (unpaired) electrons. The highest BCUT2D eigenvalue weighted by atomic mass is 35.5. The Kier molecular flexibility index (Phi) is 16.1. The summed E-state index contributed by atoms with van der Waals surface area (Å²) in [6.07, 6.45) is 0.156. The van der Waals surface area contributed by atoms with Gasteiger partial charge in [-0.2, -0.15) is 35.5 Å². The quantitative estimate of drug-likeness (QED) is 0.0409. The SMILES string of the molecule is CCCS(=O)(=O)c1ccc(N=Nc2cc(S(=O)(=O)O)c(N)cc2Cc2nc(Cl)nc(Cc3ccc(N=Nc4cc5c(S(=O)(=O)O)cccc5cc4S(=O)(=O)O)c(NC(N)=O)c3)n2)cc1.O=S(=O)=O. The Bertz CT molecular complexity index is 3620. The number of hydrogen-bond donors (Lipinski definition) is 6. The number of urea groups is 1. The first-order valence-corrected chi connectivity index (χ1v) is 25.9. The summed E-state index contributed by atoms with van der Waals surface area (Å²) in [7, 11) is -21.2. The van der Waals surface area contributed by atoms with Crippen molar-refractivity contribution in [3.05, 3.63) is 113 Å². The number of azo groups is 2. The van der Waals surface area contributed by atoms with Gasteiger partial charge in [0.1, 0.15) is 37.7 Å². The molecule has 31 heteroatoms. The molecule has 0 aliphatic rings. The molecule has 5 aromatic carbocycles. The van der Waals surface area contributed by atoms with Crippen molar-refractivity contribution in [2.24, 2.45) is 26.2 Å². The van der Waals surface area contributed by atoms with Gasteiger partial charge < -0.3 is 16.8 Å². The Morgan fingerprint density at radius 1 is 0.691 bits per heavy atom. The number of nitrogen functional groups attached to an aromatic ring is 1. The number of primary amides is 1. The van der Waals surface area contributed by atoms with Crippen LogP contribution in [-0.2, 0) is 63.6 Å². The highest BCUT2D eigenvalue weighted by Gasteiger charge is 2.23. The van der Waals surface area contributed by atoms with Gasteiger partial charge in [-0.05, 0) is 101 Å². The molecule has 0 aliphatic heterocycles. The van der Waals surface area contributed by atoms with Gasteiger partial charge in [0.15, 0.2) is 9.84 Å². The summed E-state index contributed by atoms with van der Waals surface area (Å²) in [6, 6.07) is 16.5. The summed E-state index contributed by atoms with van der Waals surface area (Å²) in [6.45, 7) is 1.73. The lowest BCUT2D eigenvalue weighted by Crippen LogP contribution is -2.19. The average molecular weight is 1050 g/mol. The molecule has 0 saturated heterocycles. The highest BCUT2D eigenvalue weighted by Crippen LogP contribution is 2.36. The summed E-state index contributed by atoms with van der Waals surface area (Å²) in [5, 5.41) is 18.2. The van der Waals surface area contributed by atoms with Gasteiger partial charge in [-0.15, -0.1) is 22.9 Å². The maximum Gasteiger partial charge on any atom is 0.425 e. The van der Waals surface area contributed by atoms with E-state index in [4.69, 9.17) is 35.7 Å². The zero-order chi connectivity index (χ0) is 50.4. The molecule has 6 rings (SSSR count). The molecule has 0 aliphatic carbocycles. The van der Waals surface area contributed by atoms with Gasteiger partial charge in [0.25, 0.3) is 30.4 Å². The summed E-state index contributed by atoms with van der Waals surface area (Å²) >= 11 is 6.29. The maximum absolute atomic E-state index is 12.4. The highest BCUT2D eigenvalue weighted by molar-refractivity contribution is 7.91. The van der Waals surface area contributed by atoms with Gasteiger partial charge in [0.2, 0.25) is 5.28 Å². The molecule has 2 amide bonds. The van der Waals surface area contributed by atoms with Gasteiger partial charge in [-0.3, -0.25) is 13.7 Å². The number of nitrogens with one attached hydrogen (secondary N) is 1. The van der Waals surface area contributed by atoms with E-state index in [1.807, 2.05) is 0 Å². The number of carbonyl (C=O) groups excluding carboxylic acids is 1. The van der Waals surface area contributed by atoms with Crippen molar-refractivity contribution in [3.63, 3.8) is 0 Å². The molecule has 0 spiro atoms. The minimum atomic E-state index is -4.96. The van der Waals surface area contributed by atoms with Crippen molar-refractivity contribution in [1.29, 1.82) is 0 Å². The van der Waals surface area contributed by atoms with Crippen molar-refractivity contribution < 1.29 is 64.8 Å². The fraction of sp³-hybridized carbons (Fsp3) is 0.135. The number of carbonyl (C=O) groups is 1. The number of rotatable bonds is 15. The first kappa shape index (κ1) is 52.2. The minimum absolute atomic E-state index is 0.0237. The summed E-state index contributed by atoms with van der Waals surface area (Å²) < 4.78 is 153. The maximum atomic E-state index is 12.4. The van der Waals surface area contributed by atoms with Crippen LogP contribution in [0.3, 0.4) is 0 Å². The molecule has 358 valence electrons. The van der Waals surface area contributed by atoms with Crippen LogP contribution in [0.1, 0.15) is 36.1 Å². The molecular formula is C37H33ClN10O15S5. The minimum Gasteiger partial charge on any atom is -0.398 e. The van der Waals surface area contributed by atoms with E-state index in [0.717, 1.165) is 24.3 Å². The monoisotopic (exact) mass is 1050 g/mol. The van der Waals surface area contributed by atoms with Gasteiger partial charge in [-0.1, -0.05) is 25.1 Å². The smallest absolute Gasteiger partial charge is 0.398 e. The van der Waals surface area contributed by atoms with Crippen molar-refractivity contribution in [2.45, 2.75) is 45.8 Å². The molecule has 0 unspecified atom stereocenters. The number of fused-ring (bicyclic) bond motifs is 1. The van der Waals surface area contributed by atoms with Gasteiger partial charge >= 0.3 is 16.6 Å². The normalized spacial score (nSPS) is 12.2. The number of aromatic nitrogens is 3. The van der Waals surface area contributed by atoms with E-state index in [0.29, 0.717) is 12.0 Å². The molecule has 0 bridgehead atoms. The van der Waals surface area contributed by atoms with Crippen LogP contribution >= 0.6 is 11.6 Å². The molecule has 1 heterocycles. The Labute approximate surface area is 392 Å². The first-order valence-electron chi connectivity index (χ1n) is 18.6. The number of hydrogen-bond acceptors (Lipinski definition) is 20. The molecule has 0 fully saturated rings. The van der Waals surface area contributed by atoms with Crippen molar-refractivity contribution >= 4 is 113 Å². The third-order valence-corrected chi connectivity index (χ3v) is 13.7. The van der Waals surface area contributed by atoms with Crippen molar-refractivity contribution in [3.8, 4) is 0 Å². The Hall–Kier alpha value is -6.77. The van der Waals surface area contributed by atoms with Crippen molar-refractivity contribution in [2.75, 3.05) is 16.8 Å². The van der Waals surface area contributed by atoms with E-state index in [1.54, 1.807) is 6.92 Å². The first-order chi connectivity index (χ1) is 31.6. The lowest BCUT2D eigenvalue weighted by Gasteiger charge is -2.11. The van der Waals surface area contributed by atoms with E-state index < -0.39 is 77.2 Å². The molecule has 25 nitrogen and oxygen atoms in total. The lowest BCUT2D eigenvalue weighted by molar-refractivity contribution is 0.259. The van der Waals surface area contributed by atoms with Crippen LogP contribution in [0.2, 0.25) is 5.28 Å². The second kappa shape index (κ2) is 21.0. The topological polar surface area (TPSA) is 418 Å². The van der Waals surface area contributed by atoms with Gasteiger partial charge in [0.05, 0.1) is 33.4 Å². The Balaban J connectivity index is 0.00000208. The standard InChI is InChI=1S/C37H33ClN10O12S4.O3S/c1-2-12-61(50,51)24-9-7-23(8-10-24)45-47-28-19-32(63(55,56)57)26(39)15-22(28)17-35-42-34(43-36(38)44-35)14-20-6-11-27(29(13-20)41-37(40)49)46-48-30-18-25-21(16-33(30)64(58,59)60)4-3-5-31(25)62(52,53)54;1-4(2)3/h3-11,13,15-16,18-19H,2,12,14,17,39H2,1H3,(H3,40,41,49)(H,52,53,54)(H,55,56,57)(H,58,59,60);. The number of nitrogens with two attached hydrogens (primary N) is 2. The fourth-order valence-corrected chi connectivity index (χ4v) is 9.63. The molecule has 0 atom stereocenters. The predicted molar refractivity (Wildman–Crippen MR) is 241 cm³/mol. The molecule has 68 heavy (non-hydrogen) atoms. The number of anilines is 2. The molecule has 0 saturated carbocycles. The average Bonchev–Trinajstić information content (AvgIpc) is 3.21. The Morgan fingerprint density at radius 3 is 1.87 bits per heavy atom. The second-order valence-electron chi connectivity index (χ2n) is 13.8. The van der Waals surface area contributed by atoms with Crippen LogP contribution in [0.5, 0.6) is 0 Å². The van der Waals surface area contributed by atoms with Crippen LogP contribution in [0.15, 0.2) is 125 Å². The van der Waals surface area contributed by atoms with E-state index in [1.165, 1.54) is 60.7 Å². The van der Waals surface area contributed by atoms with E-state index >= 15 is 0 Å². The Morgan fingerprint density at radius 2 is 1.28 bits per heavy atom. The zero-order valence-electron chi connectivity index (χ0n) is 34.4. The van der Waals surface area contributed by atoms with Gasteiger partial charge in [-0.25, -0.2) is 28.2 Å². The third kappa shape index (κ3) is 13.9.